The van der Waals surface area contributed by atoms with Gasteiger partial charge in [0.05, 0.1) is 6.61 Å². The van der Waals surface area contributed by atoms with E-state index in [-0.39, 0.29) is 0 Å². The molecule has 4 atom stereocenters. The maximum atomic E-state index is 11.7. The van der Waals surface area contributed by atoms with Gasteiger partial charge in [-0.3, -0.25) is 14.4 Å². The molecule has 0 saturated carbocycles. The summed E-state index contributed by atoms with van der Waals surface area (Å²) >= 11 is 0. The van der Waals surface area contributed by atoms with Gasteiger partial charge in [-0.25, -0.2) is 0 Å². The summed E-state index contributed by atoms with van der Waals surface area (Å²) in [5.41, 5.74) is -3.33. The molecule has 1 aliphatic heterocycles. The molecule has 0 aliphatic carbocycles. The SMILES string of the molecule is CC(=O)[C@@]1(O)[C@@](O)(C(C)=O)[C@H](N)OC[C@]1(O)C(C)=O. The van der Waals surface area contributed by atoms with E-state index in [2.05, 4.69) is 0 Å². The van der Waals surface area contributed by atoms with E-state index >= 15 is 0 Å². The average molecular weight is 275 g/mol. The van der Waals surface area contributed by atoms with Crippen molar-refractivity contribution in [3.8, 4) is 0 Å². The first-order valence-electron chi connectivity index (χ1n) is 5.53. The lowest BCUT2D eigenvalue weighted by Gasteiger charge is -2.53. The van der Waals surface area contributed by atoms with Crippen LogP contribution in [0.1, 0.15) is 20.8 Å². The van der Waals surface area contributed by atoms with Gasteiger partial charge in [0.2, 0.25) is 11.2 Å². The maximum absolute atomic E-state index is 11.7. The molecule has 8 heteroatoms. The van der Waals surface area contributed by atoms with Crippen molar-refractivity contribution in [3.05, 3.63) is 0 Å². The molecule has 0 spiro atoms. The molecule has 1 saturated heterocycles. The predicted molar refractivity (Wildman–Crippen MR) is 60.8 cm³/mol. The molecule has 0 aromatic heterocycles. The number of Topliss-reactive ketones (excluding diaryl/α,β-unsaturated/α-hetero) is 3. The van der Waals surface area contributed by atoms with E-state index < -0.39 is 47.0 Å². The zero-order chi connectivity index (χ0) is 15.2. The lowest BCUT2D eigenvalue weighted by molar-refractivity contribution is -0.294. The Labute approximate surface area is 109 Å². The molecule has 108 valence electrons. The summed E-state index contributed by atoms with van der Waals surface area (Å²) in [6.45, 7) is 1.78. The molecular formula is C11H17NO7. The number of carbonyl (C=O) groups is 3. The Morgan fingerprint density at radius 2 is 1.53 bits per heavy atom. The van der Waals surface area contributed by atoms with Crippen LogP contribution in [0.15, 0.2) is 0 Å². The first-order chi connectivity index (χ1) is 8.46. The molecule has 19 heavy (non-hydrogen) atoms. The molecule has 8 nitrogen and oxygen atoms in total. The van der Waals surface area contributed by atoms with Gasteiger partial charge >= 0.3 is 0 Å². The predicted octanol–water partition coefficient (Wildman–Crippen LogP) is -2.74. The number of hydrogen-bond donors (Lipinski definition) is 4. The Morgan fingerprint density at radius 1 is 1.05 bits per heavy atom. The van der Waals surface area contributed by atoms with Crippen molar-refractivity contribution in [2.24, 2.45) is 5.73 Å². The standard InChI is InChI=1S/C11H17NO7/c1-5(13)9(16)4-19-8(12)10(17,6(2)14)11(9,18)7(3)15/h8,16-18H,4,12H2,1-3H3/t8-,9+,10-,11+/m1/s1. The fourth-order valence-electron chi connectivity index (χ4n) is 2.33. The van der Waals surface area contributed by atoms with Gasteiger partial charge < -0.3 is 25.8 Å². The van der Waals surface area contributed by atoms with Crippen molar-refractivity contribution in [1.29, 1.82) is 0 Å². The van der Waals surface area contributed by atoms with E-state index in [0.29, 0.717) is 0 Å². The monoisotopic (exact) mass is 275 g/mol. The number of hydrogen-bond acceptors (Lipinski definition) is 8. The molecule has 0 bridgehead atoms. The molecule has 0 radical (unpaired) electrons. The van der Waals surface area contributed by atoms with Crippen molar-refractivity contribution < 1.29 is 34.4 Å². The van der Waals surface area contributed by atoms with Crippen LogP contribution >= 0.6 is 0 Å². The number of rotatable bonds is 3. The molecule has 1 aliphatic rings. The van der Waals surface area contributed by atoms with Crippen molar-refractivity contribution in [1.82, 2.24) is 0 Å². The van der Waals surface area contributed by atoms with Gasteiger partial charge in [0.25, 0.3) is 0 Å². The van der Waals surface area contributed by atoms with Gasteiger partial charge in [-0.1, -0.05) is 0 Å². The van der Waals surface area contributed by atoms with Crippen LogP contribution in [-0.2, 0) is 19.1 Å². The van der Waals surface area contributed by atoms with Crippen LogP contribution in [0.4, 0.5) is 0 Å². The molecule has 1 fully saturated rings. The van der Waals surface area contributed by atoms with Crippen molar-refractivity contribution in [3.63, 3.8) is 0 Å². The highest BCUT2D eigenvalue weighted by Crippen LogP contribution is 2.42. The summed E-state index contributed by atoms with van der Waals surface area (Å²) in [7, 11) is 0. The van der Waals surface area contributed by atoms with Crippen LogP contribution < -0.4 is 5.73 Å². The number of nitrogens with two attached hydrogens (primary N) is 1. The molecule has 0 amide bonds. The highest BCUT2D eigenvalue weighted by Gasteiger charge is 2.74. The smallest absolute Gasteiger partial charge is 0.201 e. The minimum absolute atomic E-state index is 0.810. The van der Waals surface area contributed by atoms with Gasteiger partial charge in [-0.2, -0.15) is 0 Å². The highest BCUT2D eigenvalue weighted by atomic mass is 16.5. The summed E-state index contributed by atoms with van der Waals surface area (Å²) in [6, 6.07) is 0. The quantitative estimate of drug-likeness (QED) is 0.433. The second-order valence-electron chi connectivity index (χ2n) is 4.74. The van der Waals surface area contributed by atoms with Gasteiger partial charge in [-0.15, -0.1) is 0 Å². The molecule has 1 rings (SSSR count). The summed E-state index contributed by atoms with van der Waals surface area (Å²) < 4.78 is 4.80. The summed E-state index contributed by atoms with van der Waals surface area (Å²) in [5, 5.41) is 31.0. The minimum Gasteiger partial charge on any atom is -0.376 e. The first-order valence-corrected chi connectivity index (χ1v) is 5.53. The minimum atomic E-state index is -3.07. The van der Waals surface area contributed by atoms with Crippen LogP contribution in [-0.4, -0.2) is 62.3 Å². The molecule has 0 unspecified atom stereocenters. The summed E-state index contributed by atoms with van der Waals surface area (Å²) in [4.78, 5) is 34.9. The average Bonchev–Trinajstić information content (AvgIpc) is 2.30. The van der Waals surface area contributed by atoms with Crippen LogP contribution in [0.5, 0.6) is 0 Å². The van der Waals surface area contributed by atoms with E-state index in [9.17, 15) is 29.7 Å². The maximum Gasteiger partial charge on any atom is 0.201 e. The van der Waals surface area contributed by atoms with Crippen molar-refractivity contribution in [2.45, 2.75) is 43.8 Å². The fourth-order valence-corrected chi connectivity index (χ4v) is 2.33. The van der Waals surface area contributed by atoms with Gasteiger partial charge in [0, 0.05) is 0 Å². The first kappa shape index (κ1) is 15.9. The van der Waals surface area contributed by atoms with Gasteiger partial charge in [-0.05, 0) is 20.8 Å². The van der Waals surface area contributed by atoms with Crippen LogP contribution in [0.3, 0.4) is 0 Å². The lowest BCUT2D eigenvalue weighted by Crippen LogP contribution is -2.84. The normalized spacial score (nSPS) is 42.8. The topological polar surface area (TPSA) is 147 Å². The molecule has 0 aromatic rings. The number of ketones is 3. The van der Waals surface area contributed by atoms with E-state index in [1.807, 2.05) is 0 Å². The van der Waals surface area contributed by atoms with Crippen LogP contribution in [0.25, 0.3) is 0 Å². The van der Waals surface area contributed by atoms with E-state index in [1.165, 1.54) is 0 Å². The third-order valence-electron chi connectivity index (χ3n) is 3.66. The largest absolute Gasteiger partial charge is 0.376 e. The zero-order valence-electron chi connectivity index (χ0n) is 10.8. The number of ether oxygens (including phenoxy) is 1. The second kappa shape index (κ2) is 4.43. The highest BCUT2D eigenvalue weighted by molar-refractivity contribution is 6.04. The van der Waals surface area contributed by atoms with Gasteiger partial charge in [0.1, 0.15) is 6.23 Å². The fraction of sp³-hybridized carbons (Fsp3) is 0.727. The number of aliphatic hydroxyl groups is 3. The molecular weight excluding hydrogens is 258 g/mol. The van der Waals surface area contributed by atoms with E-state index in [0.717, 1.165) is 20.8 Å². The third kappa shape index (κ3) is 1.68. The molecule has 0 aromatic carbocycles. The summed E-state index contributed by atoms with van der Waals surface area (Å²) in [6.07, 6.45) is -1.75. The van der Waals surface area contributed by atoms with E-state index in [4.69, 9.17) is 10.5 Å². The van der Waals surface area contributed by atoms with Crippen LogP contribution in [0, 0.1) is 0 Å². The summed E-state index contributed by atoms with van der Waals surface area (Å²) in [5.74, 6) is -3.30. The Bertz CT molecular complexity index is 450. The second-order valence-corrected chi connectivity index (χ2v) is 4.74. The number of carbonyl (C=O) groups excluding carboxylic acids is 3. The van der Waals surface area contributed by atoms with Crippen molar-refractivity contribution in [2.75, 3.05) is 6.61 Å². The zero-order valence-corrected chi connectivity index (χ0v) is 10.8. The van der Waals surface area contributed by atoms with E-state index in [1.54, 1.807) is 0 Å². The Balaban J connectivity index is 3.65. The van der Waals surface area contributed by atoms with Crippen LogP contribution in [0.2, 0.25) is 0 Å². The Morgan fingerprint density at radius 3 is 1.84 bits per heavy atom. The Kier molecular flexibility index (Phi) is 3.70. The molecule has 1 heterocycles. The van der Waals surface area contributed by atoms with Gasteiger partial charge in [0.15, 0.2) is 23.0 Å². The Hall–Kier alpha value is -1.19. The lowest BCUT2D eigenvalue weighted by atomic mass is 9.63. The third-order valence-corrected chi connectivity index (χ3v) is 3.66. The van der Waals surface area contributed by atoms with Crippen molar-refractivity contribution >= 4 is 17.3 Å². The molecule has 5 N–H and O–H groups in total.